The molecule has 0 aliphatic heterocycles. The SMILES string of the molecule is CSc1ccc(-c2ccc(=O)n(CC(=O)Nc3nc4ccccc4s3)n2)cc1. The topological polar surface area (TPSA) is 76.9 Å². The van der Waals surface area contributed by atoms with E-state index in [1.54, 1.807) is 17.8 Å². The quantitative estimate of drug-likeness (QED) is 0.507. The highest BCUT2D eigenvalue weighted by Gasteiger charge is 2.11. The molecule has 1 amide bonds. The summed E-state index contributed by atoms with van der Waals surface area (Å²) in [6, 6.07) is 18.6. The van der Waals surface area contributed by atoms with E-state index in [0.29, 0.717) is 10.8 Å². The van der Waals surface area contributed by atoms with Gasteiger partial charge in [0.2, 0.25) is 5.91 Å². The first-order valence-corrected chi connectivity index (χ1v) is 10.5. The Kier molecular flexibility index (Phi) is 5.23. The summed E-state index contributed by atoms with van der Waals surface area (Å²) in [6.07, 6.45) is 2.01. The molecule has 140 valence electrons. The molecule has 0 saturated carbocycles. The third-order valence-corrected chi connectivity index (χ3v) is 5.78. The van der Waals surface area contributed by atoms with Gasteiger partial charge in [-0.05, 0) is 36.6 Å². The van der Waals surface area contributed by atoms with Gasteiger partial charge in [0, 0.05) is 16.5 Å². The Morgan fingerprint density at radius 2 is 1.89 bits per heavy atom. The van der Waals surface area contributed by atoms with Crippen molar-refractivity contribution >= 4 is 44.4 Å². The van der Waals surface area contributed by atoms with Crippen molar-refractivity contribution in [3.63, 3.8) is 0 Å². The zero-order valence-corrected chi connectivity index (χ0v) is 16.6. The van der Waals surface area contributed by atoms with Gasteiger partial charge in [-0.3, -0.25) is 9.59 Å². The lowest BCUT2D eigenvalue weighted by Gasteiger charge is -2.07. The van der Waals surface area contributed by atoms with Crippen molar-refractivity contribution in [2.45, 2.75) is 11.4 Å². The molecule has 6 nitrogen and oxygen atoms in total. The molecule has 1 N–H and O–H groups in total. The van der Waals surface area contributed by atoms with Crippen molar-refractivity contribution in [2.75, 3.05) is 11.6 Å². The molecule has 0 aliphatic carbocycles. The van der Waals surface area contributed by atoms with Gasteiger partial charge in [-0.1, -0.05) is 35.6 Å². The van der Waals surface area contributed by atoms with Gasteiger partial charge in [-0.25, -0.2) is 9.67 Å². The van der Waals surface area contributed by atoms with E-state index < -0.39 is 0 Å². The Balaban J connectivity index is 1.53. The van der Waals surface area contributed by atoms with Gasteiger partial charge in [-0.2, -0.15) is 5.10 Å². The Morgan fingerprint density at radius 1 is 1.11 bits per heavy atom. The zero-order valence-electron chi connectivity index (χ0n) is 15.0. The number of rotatable bonds is 5. The summed E-state index contributed by atoms with van der Waals surface area (Å²) in [5, 5.41) is 7.59. The summed E-state index contributed by atoms with van der Waals surface area (Å²) in [7, 11) is 0. The van der Waals surface area contributed by atoms with Crippen LogP contribution in [0, 0.1) is 0 Å². The number of aromatic nitrogens is 3. The molecule has 0 bridgehead atoms. The first-order valence-electron chi connectivity index (χ1n) is 8.50. The second-order valence-electron chi connectivity index (χ2n) is 5.98. The predicted molar refractivity (Wildman–Crippen MR) is 114 cm³/mol. The van der Waals surface area contributed by atoms with Gasteiger partial charge in [0.25, 0.3) is 5.56 Å². The van der Waals surface area contributed by atoms with Crippen molar-refractivity contribution in [3.8, 4) is 11.3 Å². The van der Waals surface area contributed by atoms with Crippen LogP contribution in [0.5, 0.6) is 0 Å². The molecule has 2 aromatic heterocycles. The predicted octanol–water partition coefficient (Wildman–Crippen LogP) is 3.88. The fourth-order valence-corrected chi connectivity index (χ4v) is 3.99. The van der Waals surface area contributed by atoms with E-state index in [-0.39, 0.29) is 18.0 Å². The highest BCUT2D eigenvalue weighted by atomic mass is 32.2. The first-order chi connectivity index (χ1) is 13.6. The largest absolute Gasteiger partial charge is 0.300 e. The Morgan fingerprint density at radius 3 is 2.64 bits per heavy atom. The maximum atomic E-state index is 12.4. The number of carbonyl (C=O) groups is 1. The first kappa shape index (κ1) is 18.4. The van der Waals surface area contributed by atoms with Crippen LogP contribution in [-0.4, -0.2) is 26.9 Å². The number of hydrogen-bond acceptors (Lipinski definition) is 6. The van der Waals surface area contributed by atoms with Crippen molar-refractivity contribution in [1.82, 2.24) is 14.8 Å². The number of para-hydroxylation sites is 1. The van der Waals surface area contributed by atoms with E-state index in [1.807, 2.05) is 54.8 Å². The lowest BCUT2D eigenvalue weighted by Crippen LogP contribution is -2.29. The van der Waals surface area contributed by atoms with Crippen LogP contribution in [0.25, 0.3) is 21.5 Å². The molecule has 0 radical (unpaired) electrons. The molecule has 2 heterocycles. The van der Waals surface area contributed by atoms with Gasteiger partial charge in [0.05, 0.1) is 15.9 Å². The molecular formula is C20H16N4O2S2. The average Bonchev–Trinajstić information content (AvgIpc) is 3.12. The number of benzene rings is 2. The van der Waals surface area contributed by atoms with Crippen molar-refractivity contribution in [3.05, 3.63) is 71.0 Å². The van der Waals surface area contributed by atoms with Crippen LogP contribution in [0.3, 0.4) is 0 Å². The van der Waals surface area contributed by atoms with Crippen LogP contribution in [0.2, 0.25) is 0 Å². The molecule has 0 unspecified atom stereocenters. The minimum atomic E-state index is -0.344. The smallest absolute Gasteiger partial charge is 0.267 e. The number of fused-ring (bicyclic) bond motifs is 1. The van der Waals surface area contributed by atoms with Crippen LogP contribution in [0.15, 0.2) is 70.4 Å². The number of carbonyl (C=O) groups excluding carboxylic acids is 1. The number of hydrogen-bond donors (Lipinski definition) is 1. The molecule has 4 aromatic rings. The minimum Gasteiger partial charge on any atom is -0.300 e. The van der Waals surface area contributed by atoms with E-state index in [4.69, 9.17) is 0 Å². The number of amides is 1. The Bertz CT molecular complexity index is 1170. The molecule has 0 fully saturated rings. The molecule has 0 aliphatic rings. The molecule has 4 rings (SSSR count). The Labute approximate surface area is 169 Å². The normalized spacial score (nSPS) is 10.9. The van der Waals surface area contributed by atoms with Gasteiger partial charge in [-0.15, -0.1) is 11.8 Å². The van der Waals surface area contributed by atoms with E-state index in [9.17, 15) is 9.59 Å². The van der Waals surface area contributed by atoms with E-state index >= 15 is 0 Å². The van der Waals surface area contributed by atoms with Crippen molar-refractivity contribution < 1.29 is 4.79 Å². The maximum absolute atomic E-state index is 12.4. The molecule has 0 atom stereocenters. The summed E-state index contributed by atoms with van der Waals surface area (Å²) in [5.74, 6) is -0.344. The number of thioether (sulfide) groups is 1. The number of thiazole rings is 1. The summed E-state index contributed by atoms with van der Waals surface area (Å²) in [5.41, 5.74) is 2.02. The highest BCUT2D eigenvalue weighted by Crippen LogP contribution is 2.25. The third-order valence-electron chi connectivity index (χ3n) is 4.09. The lowest BCUT2D eigenvalue weighted by atomic mass is 10.1. The fraction of sp³-hybridized carbons (Fsp3) is 0.100. The lowest BCUT2D eigenvalue weighted by molar-refractivity contribution is -0.117. The average molecular weight is 409 g/mol. The fourth-order valence-electron chi connectivity index (χ4n) is 2.70. The molecule has 0 spiro atoms. The second kappa shape index (κ2) is 7.95. The zero-order chi connectivity index (χ0) is 19.5. The summed E-state index contributed by atoms with van der Waals surface area (Å²) in [4.78, 5) is 30.1. The standard InChI is InChI=1S/C20H16N4O2S2/c1-27-14-8-6-13(7-9-14)15-10-11-19(26)24(23-15)12-18(25)22-20-21-16-4-2-3-5-17(16)28-20/h2-11H,12H2,1H3,(H,21,22,25). The summed E-state index contributed by atoms with van der Waals surface area (Å²) < 4.78 is 2.16. The van der Waals surface area contributed by atoms with Gasteiger partial charge in [0.1, 0.15) is 6.54 Å². The van der Waals surface area contributed by atoms with Gasteiger partial charge < -0.3 is 5.32 Å². The van der Waals surface area contributed by atoms with Crippen molar-refractivity contribution in [2.24, 2.45) is 0 Å². The van der Waals surface area contributed by atoms with Crippen LogP contribution in [-0.2, 0) is 11.3 Å². The molecule has 28 heavy (non-hydrogen) atoms. The molecule has 2 aromatic carbocycles. The minimum absolute atomic E-state index is 0.175. The number of nitrogens with zero attached hydrogens (tertiary/aromatic N) is 3. The van der Waals surface area contributed by atoms with E-state index in [2.05, 4.69) is 15.4 Å². The van der Waals surface area contributed by atoms with Crippen LogP contribution < -0.4 is 10.9 Å². The van der Waals surface area contributed by atoms with Gasteiger partial charge in [0.15, 0.2) is 5.13 Å². The third kappa shape index (κ3) is 3.97. The molecule has 0 saturated heterocycles. The second-order valence-corrected chi connectivity index (χ2v) is 7.89. The van der Waals surface area contributed by atoms with Crippen LogP contribution in [0.1, 0.15) is 0 Å². The van der Waals surface area contributed by atoms with Crippen LogP contribution in [0.4, 0.5) is 5.13 Å². The molecular weight excluding hydrogens is 392 g/mol. The van der Waals surface area contributed by atoms with Crippen molar-refractivity contribution in [1.29, 1.82) is 0 Å². The summed E-state index contributed by atoms with van der Waals surface area (Å²) >= 11 is 3.05. The van der Waals surface area contributed by atoms with Gasteiger partial charge >= 0.3 is 0 Å². The number of nitrogens with one attached hydrogen (secondary N) is 1. The summed E-state index contributed by atoms with van der Waals surface area (Å²) in [6.45, 7) is -0.175. The number of anilines is 1. The molecule has 8 heteroatoms. The monoisotopic (exact) mass is 408 g/mol. The Hall–Kier alpha value is -2.97. The maximum Gasteiger partial charge on any atom is 0.267 e. The van der Waals surface area contributed by atoms with Crippen LogP contribution >= 0.6 is 23.1 Å². The van der Waals surface area contributed by atoms with E-state index in [1.165, 1.54) is 22.1 Å². The van der Waals surface area contributed by atoms with E-state index in [0.717, 1.165) is 20.7 Å². The highest BCUT2D eigenvalue weighted by molar-refractivity contribution is 7.98.